The zero-order chi connectivity index (χ0) is 11.7. The fourth-order valence-electron chi connectivity index (χ4n) is 1.44. The van der Waals surface area contributed by atoms with Crippen LogP contribution in [-0.4, -0.2) is 23.2 Å². The highest BCUT2D eigenvalue weighted by Crippen LogP contribution is 2.09. The van der Waals surface area contributed by atoms with Crippen LogP contribution in [0.4, 0.5) is 0 Å². The molecule has 0 rings (SSSR count). The summed E-state index contributed by atoms with van der Waals surface area (Å²) in [6.45, 7) is 6.65. The average molecular weight is 215 g/mol. The molecule has 3 heteroatoms. The van der Waals surface area contributed by atoms with Gasteiger partial charge in [-0.15, -0.1) is 0 Å². The maximum atomic E-state index is 11.0. The van der Waals surface area contributed by atoms with Crippen molar-refractivity contribution in [3.63, 3.8) is 0 Å². The van der Waals surface area contributed by atoms with Crippen LogP contribution in [0.15, 0.2) is 0 Å². The van der Waals surface area contributed by atoms with Crippen LogP contribution in [-0.2, 0) is 4.79 Å². The first-order valence-electron chi connectivity index (χ1n) is 6.05. The van der Waals surface area contributed by atoms with Gasteiger partial charge in [-0.1, -0.05) is 39.5 Å². The number of carboxylic acid groups (broad SMARTS) is 1. The van der Waals surface area contributed by atoms with Crippen LogP contribution in [0.5, 0.6) is 0 Å². The lowest BCUT2D eigenvalue weighted by atomic mass is 9.99. The lowest BCUT2D eigenvalue weighted by Crippen LogP contribution is -2.49. The van der Waals surface area contributed by atoms with Gasteiger partial charge < -0.3 is 10.4 Å². The fraction of sp³-hybridized carbons (Fsp3) is 0.917. The zero-order valence-electron chi connectivity index (χ0n) is 10.3. The van der Waals surface area contributed by atoms with Gasteiger partial charge in [0.25, 0.3) is 0 Å². The third kappa shape index (κ3) is 5.78. The lowest BCUT2D eigenvalue weighted by Gasteiger charge is -2.24. The molecule has 0 fully saturated rings. The van der Waals surface area contributed by atoms with Gasteiger partial charge in [0.15, 0.2) is 0 Å². The molecule has 90 valence electrons. The summed E-state index contributed by atoms with van der Waals surface area (Å²) in [4.78, 5) is 11.0. The lowest BCUT2D eigenvalue weighted by molar-refractivity contribution is -0.144. The number of nitrogens with one attached hydrogen (secondary N) is 1. The van der Waals surface area contributed by atoms with Crippen LogP contribution in [0.25, 0.3) is 0 Å². The van der Waals surface area contributed by atoms with E-state index in [1.54, 1.807) is 6.92 Å². The largest absolute Gasteiger partial charge is 0.480 e. The van der Waals surface area contributed by atoms with Gasteiger partial charge in [-0.05, 0) is 26.3 Å². The Balaban J connectivity index is 3.60. The Morgan fingerprint density at radius 1 is 1.20 bits per heavy atom. The van der Waals surface area contributed by atoms with E-state index >= 15 is 0 Å². The summed E-state index contributed by atoms with van der Waals surface area (Å²) in [6.07, 6.45) is 6.67. The molecule has 0 aromatic rings. The Morgan fingerprint density at radius 3 is 2.27 bits per heavy atom. The number of hydrogen-bond donors (Lipinski definition) is 2. The molecular formula is C12H25NO2. The molecule has 2 N–H and O–H groups in total. The van der Waals surface area contributed by atoms with Crippen molar-refractivity contribution in [2.24, 2.45) is 0 Å². The summed E-state index contributed by atoms with van der Waals surface area (Å²) >= 11 is 0. The minimum Gasteiger partial charge on any atom is -0.480 e. The minimum atomic E-state index is -0.751. The molecule has 0 saturated carbocycles. The summed E-state index contributed by atoms with van der Waals surface area (Å²) in [5, 5.41) is 12.1. The SMILES string of the molecule is CCCCCCCNC(C)(CC)C(=O)O. The average Bonchev–Trinajstić information content (AvgIpc) is 2.22. The third-order valence-electron chi connectivity index (χ3n) is 2.97. The maximum Gasteiger partial charge on any atom is 0.323 e. The molecule has 0 bridgehead atoms. The molecule has 0 amide bonds. The highest BCUT2D eigenvalue weighted by molar-refractivity contribution is 5.78. The monoisotopic (exact) mass is 215 g/mol. The second-order valence-electron chi connectivity index (χ2n) is 4.33. The second kappa shape index (κ2) is 7.69. The first-order valence-corrected chi connectivity index (χ1v) is 6.05. The number of carbonyl (C=O) groups is 1. The van der Waals surface area contributed by atoms with Crippen LogP contribution >= 0.6 is 0 Å². The molecule has 0 aromatic heterocycles. The smallest absolute Gasteiger partial charge is 0.323 e. The van der Waals surface area contributed by atoms with Gasteiger partial charge in [0.1, 0.15) is 5.54 Å². The van der Waals surface area contributed by atoms with E-state index in [1.807, 2.05) is 6.92 Å². The van der Waals surface area contributed by atoms with Gasteiger partial charge in [-0.25, -0.2) is 0 Å². The zero-order valence-corrected chi connectivity index (χ0v) is 10.3. The quantitative estimate of drug-likeness (QED) is 0.581. The van der Waals surface area contributed by atoms with E-state index in [2.05, 4.69) is 12.2 Å². The molecular weight excluding hydrogens is 190 g/mol. The summed E-state index contributed by atoms with van der Waals surface area (Å²) in [6, 6.07) is 0. The van der Waals surface area contributed by atoms with E-state index < -0.39 is 11.5 Å². The number of hydrogen-bond acceptors (Lipinski definition) is 2. The van der Waals surface area contributed by atoms with E-state index in [0.29, 0.717) is 6.42 Å². The molecule has 3 nitrogen and oxygen atoms in total. The van der Waals surface area contributed by atoms with E-state index in [-0.39, 0.29) is 0 Å². The summed E-state index contributed by atoms with van der Waals surface area (Å²) in [7, 11) is 0. The Kier molecular flexibility index (Phi) is 7.39. The number of aliphatic carboxylic acids is 1. The van der Waals surface area contributed by atoms with Crippen molar-refractivity contribution in [2.75, 3.05) is 6.54 Å². The maximum absolute atomic E-state index is 11.0. The Bertz CT molecular complexity index is 182. The van der Waals surface area contributed by atoms with Crippen molar-refractivity contribution in [1.29, 1.82) is 0 Å². The Labute approximate surface area is 93.3 Å². The molecule has 0 aliphatic rings. The highest BCUT2D eigenvalue weighted by Gasteiger charge is 2.29. The summed E-state index contributed by atoms with van der Waals surface area (Å²) < 4.78 is 0. The Hall–Kier alpha value is -0.570. The molecule has 0 radical (unpaired) electrons. The molecule has 0 aliphatic carbocycles. The minimum absolute atomic E-state index is 0.622. The normalized spacial score (nSPS) is 14.9. The molecule has 1 unspecified atom stereocenters. The van der Waals surface area contributed by atoms with Crippen LogP contribution in [0.3, 0.4) is 0 Å². The van der Waals surface area contributed by atoms with Crippen LogP contribution < -0.4 is 5.32 Å². The summed E-state index contributed by atoms with van der Waals surface area (Å²) in [5.41, 5.74) is -0.745. The van der Waals surface area contributed by atoms with Crippen molar-refractivity contribution >= 4 is 5.97 Å². The predicted molar refractivity (Wildman–Crippen MR) is 63.1 cm³/mol. The molecule has 0 aromatic carbocycles. The van der Waals surface area contributed by atoms with E-state index in [9.17, 15) is 4.79 Å². The van der Waals surface area contributed by atoms with Crippen molar-refractivity contribution in [3.8, 4) is 0 Å². The molecule has 0 spiro atoms. The third-order valence-corrected chi connectivity index (χ3v) is 2.97. The topological polar surface area (TPSA) is 49.3 Å². The van der Waals surface area contributed by atoms with Gasteiger partial charge in [-0.3, -0.25) is 4.79 Å². The van der Waals surface area contributed by atoms with Crippen molar-refractivity contribution in [2.45, 2.75) is 64.8 Å². The highest BCUT2D eigenvalue weighted by atomic mass is 16.4. The van der Waals surface area contributed by atoms with E-state index in [4.69, 9.17) is 5.11 Å². The standard InChI is InChI=1S/C12H25NO2/c1-4-6-7-8-9-10-13-12(3,5-2)11(14)15/h13H,4-10H2,1-3H3,(H,14,15). The van der Waals surface area contributed by atoms with Crippen molar-refractivity contribution < 1.29 is 9.90 Å². The fourth-order valence-corrected chi connectivity index (χ4v) is 1.44. The van der Waals surface area contributed by atoms with Gasteiger partial charge in [0, 0.05) is 0 Å². The molecule has 0 saturated heterocycles. The van der Waals surface area contributed by atoms with Crippen LogP contribution in [0.2, 0.25) is 0 Å². The molecule has 1 atom stereocenters. The molecule has 15 heavy (non-hydrogen) atoms. The molecule has 0 aliphatic heterocycles. The second-order valence-corrected chi connectivity index (χ2v) is 4.33. The van der Waals surface area contributed by atoms with Gasteiger partial charge in [-0.2, -0.15) is 0 Å². The first-order chi connectivity index (χ1) is 7.06. The van der Waals surface area contributed by atoms with E-state index in [1.165, 1.54) is 25.7 Å². The van der Waals surface area contributed by atoms with Crippen LogP contribution in [0, 0.1) is 0 Å². The Morgan fingerprint density at radius 2 is 1.80 bits per heavy atom. The summed E-state index contributed by atoms with van der Waals surface area (Å²) in [5.74, 6) is -0.751. The van der Waals surface area contributed by atoms with Crippen molar-refractivity contribution in [3.05, 3.63) is 0 Å². The predicted octanol–water partition coefficient (Wildman–Crippen LogP) is 2.80. The number of rotatable bonds is 9. The van der Waals surface area contributed by atoms with Gasteiger partial charge >= 0.3 is 5.97 Å². The van der Waals surface area contributed by atoms with Gasteiger partial charge in [0.2, 0.25) is 0 Å². The first kappa shape index (κ1) is 14.4. The van der Waals surface area contributed by atoms with E-state index in [0.717, 1.165) is 13.0 Å². The van der Waals surface area contributed by atoms with Crippen LogP contribution in [0.1, 0.15) is 59.3 Å². The number of carboxylic acids is 1. The molecule has 0 heterocycles. The van der Waals surface area contributed by atoms with Gasteiger partial charge in [0.05, 0.1) is 0 Å². The van der Waals surface area contributed by atoms with Crippen molar-refractivity contribution in [1.82, 2.24) is 5.32 Å². The number of unbranched alkanes of at least 4 members (excludes halogenated alkanes) is 4.